The monoisotopic (exact) mass is 481 g/mol. The van der Waals surface area contributed by atoms with Crippen molar-refractivity contribution in [1.29, 1.82) is 0 Å². The first-order valence-corrected chi connectivity index (χ1v) is 10.8. The number of nitrogens with zero attached hydrogens (tertiary/aromatic N) is 2. The van der Waals surface area contributed by atoms with Crippen LogP contribution in [0.1, 0.15) is 37.5 Å². The highest BCUT2D eigenvalue weighted by atomic mass is 35.5. The Morgan fingerprint density at radius 3 is 2.41 bits per heavy atom. The molecule has 1 aliphatic rings. The van der Waals surface area contributed by atoms with E-state index in [4.69, 9.17) is 32.4 Å². The van der Waals surface area contributed by atoms with Crippen molar-refractivity contribution in [3.05, 3.63) is 64.0 Å². The molecule has 2 aromatic carbocycles. The second kappa shape index (κ2) is 9.83. The van der Waals surface area contributed by atoms with Gasteiger partial charge in [-0.3, -0.25) is 4.79 Å². The summed E-state index contributed by atoms with van der Waals surface area (Å²) >= 11 is 11.3. The number of rotatable bonds is 6. The Kier molecular flexibility index (Phi) is 6.91. The van der Waals surface area contributed by atoms with Crippen LogP contribution in [0.3, 0.4) is 0 Å². The average molecular weight is 482 g/mol. The molecule has 0 bridgehead atoms. The number of aromatic nitrogens is 2. The summed E-state index contributed by atoms with van der Waals surface area (Å²) < 4.78 is 38.2. The fourth-order valence-corrected chi connectivity index (χ4v) is 3.85. The Labute approximate surface area is 192 Å². The van der Waals surface area contributed by atoms with Gasteiger partial charge in [0.1, 0.15) is 17.4 Å². The molecule has 1 fully saturated rings. The normalized spacial score (nSPS) is 18.4. The number of carbonyl (C=O) groups excluding carboxylic acids is 1. The molecule has 0 saturated heterocycles. The number of ether oxygens (including phenoxy) is 1. The molecule has 1 saturated carbocycles. The SMILES string of the molecule is O=C(COc1ccc(Cl)c(F)c1)NC1CCC(c2nnc(-c3ccc(Cl)c(F)c3)o2)CC1. The summed E-state index contributed by atoms with van der Waals surface area (Å²) in [6, 6.07) is 8.33. The minimum atomic E-state index is -0.603. The third-order valence-corrected chi connectivity index (χ3v) is 5.92. The van der Waals surface area contributed by atoms with Crippen molar-refractivity contribution in [2.45, 2.75) is 37.6 Å². The zero-order valence-corrected chi connectivity index (χ0v) is 18.3. The van der Waals surface area contributed by atoms with E-state index in [2.05, 4.69) is 15.5 Å². The van der Waals surface area contributed by atoms with Crippen LogP contribution in [0.4, 0.5) is 8.78 Å². The standard InChI is InChI=1S/C22H19Cl2F2N3O3/c23-16-7-3-13(9-18(16)25)22-29-28-21(32-22)12-1-4-14(5-2-12)27-20(30)11-31-15-6-8-17(24)19(26)10-15/h3,6-10,12,14H,1-2,4-5,11H2,(H,27,30). The fraction of sp³-hybridized carbons (Fsp3) is 0.318. The van der Waals surface area contributed by atoms with E-state index in [0.29, 0.717) is 11.5 Å². The van der Waals surface area contributed by atoms with Crippen molar-refractivity contribution in [2.75, 3.05) is 6.61 Å². The number of carbonyl (C=O) groups is 1. The predicted molar refractivity (Wildman–Crippen MR) is 115 cm³/mol. The van der Waals surface area contributed by atoms with Crippen molar-refractivity contribution in [1.82, 2.24) is 15.5 Å². The smallest absolute Gasteiger partial charge is 0.258 e. The maximum atomic E-state index is 13.7. The second-order valence-electron chi connectivity index (χ2n) is 7.55. The van der Waals surface area contributed by atoms with E-state index in [-0.39, 0.29) is 46.2 Å². The van der Waals surface area contributed by atoms with Crippen LogP contribution in [0.5, 0.6) is 5.75 Å². The van der Waals surface area contributed by atoms with E-state index in [1.807, 2.05) is 0 Å². The molecule has 0 atom stereocenters. The van der Waals surface area contributed by atoms with E-state index < -0.39 is 11.6 Å². The minimum Gasteiger partial charge on any atom is -0.484 e. The summed E-state index contributed by atoms with van der Waals surface area (Å²) in [6.07, 6.45) is 2.98. The number of nitrogens with one attached hydrogen (secondary N) is 1. The number of hydrogen-bond donors (Lipinski definition) is 1. The number of hydrogen-bond acceptors (Lipinski definition) is 5. The van der Waals surface area contributed by atoms with Gasteiger partial charge in [-0.05, 0) is 56.0 Å². The van der Waals surface area contributed by atoms with E-state index in [9.17, 15) is 13.6 Å². The maximum Gasteiger partial charge on any atom is 0.258 e. The highest BCUT2D eigenvalue weighted by molar-refractivity contribution is 6.31. The molecule has 1 aliphatic carbocycles. The van der Waals surface area contributed by atoms with Crippen LogP contribution in [0, 0.1) is 11.6 Å². The lowest BCUT2D eigenvalue weighted by Crippen LogP contribution is -2.39. The molecular formula is C22H19Cl2F2N3O3. The van der Waals surface area contributed by atoms with Crippen LogP contribution < -0.4 is 10.1 Å². The first-order chi connectivity index (χ1) is 15.4. The molecule has 1 N–H and O–H groups in total. The highest BCUT2D eigenvalue weighted by Gasteiger charge is 2.27. The maximum absolute atomic E-state index is 13.7. The molecule has 0 unspecified atom stereocenters. The van der Waals surface area contributed by atoms with Gasteiger partial charge in [-0.2, -0.15) is 0 Å². The molecular weight excluding hydrogens is 463 g/mol. The van der Waals surface area contributed by atoms with Gasteiger partial charge in [0.05, 0.1) is 10.0 Å². The molecule has 0 radical (unpaired) electrons. The molecule has 1 amide bonds. The lowest BCUT2D eigenvalue weighted by molar-refractivity contribution is -0.124. The van der Waals surface area contributed by atoms with Crippen LogP contribution in [0.2, 0.25) is 10.0 Å². The number of halogens is 4. The molecule has 10 heteroatoms. The molecule has 6 nitrogen and oxygen atoms in total. The molecule has 168 valence electrons. The van der Waals surface area contributed by atoms with Gasteiger partial charge in [0, 0.05) is 23.6 Å². The fourth-order valence-electron chi connectivity index (χ4n) is 3.61. The van der Waals surface area contributed by atoms with Gasteiger partial charge in [-0.25, -0.2) is 8.78 Å². The summed E-state index contributed by atoms with van der Waals surface area (Å²) in [6.45, 7) is -0.217. The van der Waals surface area contributed by atoms with Crippen molar-refractivity contribution < 1.29 is 22.7 Å². The lowest BCUT2D eigenvalue weighted by Gasteiger charge is -2.27. The summed E-state index contributed by atoms with van der Waals surface area (Å²) in [5.74, 6) is -0.407. The zero-order chi connectivity index (χ0) is 22.7. The summed E-state index contributed by atoms with van der Waals surface area (Å²) in [5, 5.41) is 11.1. The van der Waals surface area contributed by atoms with Crippen LogP contribution in [-0.2, 0) is 4.79 Å². The molecule has 32 heavy (non-hydrogen) atoms. The molecule has 1 heterocycles. The third-order valence-electron chi connectivity index (χ3n) is 5.31. The molecule has 0 spiro atoms. The van der Waals surface area contributed by atoms with Crippen LogP contribution in [0.15, 0.2) is 40.8 Å². The topological polar surface area (TPSA) is 77.2 Å². The molecule has 1 aromatic heterocycles. The quantitative estimate of drug-likeness (QED) is 0.499. The first-order valence-electron chi connectivity index (χ1n) is 10.0. The Morgan fingerprint density at radius 1 is 1.03 bits per heavy atom. The molecule has 3 aromatic rings. The van der Waals surface area contributed by atoms with Crippen molar-refractivity contribution in [3.8, 4) is 17.2 Å². The van der Waals surface area contributed by atoms with Gasteiger partial charge < -0.3 is 14.5 Å². The van der Waals surface area contributed by atoms with Gasteiger partial charge in [0.15, 0.2) is 6.61 Å². The van der Waals surface area contributed by atoms with Gasteiger partial charge in [0.25, 0.3) is 5.91 Å². The number of benzene rings is 2. The summed E-state index contributed by atoms with van der Waals surface area (Å²) in [7, 11) is 0. The minimum absolute atomic E-state index is 0.00273. The van der Waals surface area contributed by atoms with E-state index in [1.165, 1.54) is 24.3 Å². The molecule has 0 aliphatic heterocycles. The van der Waals surface area contributed by atoms with Crippen molar-refractivity contribution >= 4 is 29.1 Å². The summed E-state index contributed by atoms with van der Waals surface area (Å²) in [5.41, 5.74) is 0.465. The van der Waals surface area contributed by atoms with Crippen LogP contribution in [0.25, 0.3) is 11.5 Å². The van der Waals surface area contributed by atoms with Crippen LogP contribution in [-0.4, -0.2) is 28.8 Å². The van der Waals surface area contributed by atoms with Crippen molar-refractivity contribution in [2.24, 2.45) is 0 Å². The first kappa shape index (κ1) is 22.5. The average Bonchev–Trinajstić information content (AvgIpc) is 3.27. The largest absolute Gasteiger partial charge is 0.484 e. The van der Waals surface area contributed by atoms with Gasteiger partial charge in [0.2, 0.25) is 11.8 Å². The van der Waals surface area contributed by atoms with Gasteiger partial charge >= 0.3 is 0 Å². The summed E-state index contributed by atoms with van der Waals surface area (Å²) in [4.78, 5) is 12.2. The Bertz CT molecular complexity index is 1120. The lowest BCUT2D eigenvalue weighted by atomic mass is 9.86. The second-order valence-corrected chi connectivity index (χ2v) is 8.37. The molecule has 4 rings (SSSR count). The van der Waals surface area contributed by atoms with E-state index in [0.717, 1.165) is 31.7 Å². The van der Waals surface area contributed by atoms with Gasteiger partial charge in [-0.15, -0.1) is 10.2 Å². The highest BCUT2D eigenvalue weighted by Crippen LogP contribution is 2.34. The Morgan fingerprint density at radius 2 is 1.72 bits per heavy atom. The Hall–Kier alpha value is -2.71. The van der Waals surface area contributed by atoms with Crippen LogP contribution >= 0.6 is 23.2 Å². The van der Waals surface area contributed by atoms with Gasteiger partial charge in [-0.1, -0.05) is 23.2 Å². The Balaban J connectivity index is 1.26. The third kappa shape index (κ3) is 5.37. The number of amides is 1. The zero-order valence-electron chi connectivity index (χ0n) is 16.8. The van der Waals surface area contributed by atoms with E-state index in [1.54, 1.807) is 6.07 Å². The predicted octanol–water partition coefficient (Wildman–Crippen LogP) is 5.54. The van der Waals surface area contributed by atoms with Crippen molar-refractivity contribution in [3.63, 3.8) is 0 Å². The van der Waals surface area contributed by atoms with E-state index >= 15 is 0 Å².